The molecule has 1 aliphatic heterocycles. The van der Waals surface area contributed by atoms with Gasteiger partial charge < -0.3 is 9.64 Å². The third kappa shape index (κ3) is 2.76. The maximum absolute atomic E-state index is 12.1. The predicted octanol–water partition coefficient (Wildman–Crippen LogP) is 3.87. The van der Waals surface area contributed by atoms with Crippen LogP contribution in [0.15, 0.2) is 42.5 Å². The number of fused-ring (bicyclic) bond motifs is 1. The van der Waals surface area contributed by atoms with Crippen molar-refractivity contribution in [3.63, 3.8) is 0 Å². The zero-order valence-electron chi connectivity index (χ0n) is 10.5. The van der Waals surface area contributed by atoms with Crippen molar-refractivity contribution in [2.45, 2.75) is 6.54 Å². The molecule has 0 spiro atoms. The van der Waals surface area contributed by atoms with Crippen LogP contribution in [0.5, 0.6) is 5.75 Å². The molecule has 102 valence electrons. The molecule has 5 heteroatoms. The summed E-state index contributed by atoms with van der Waals surface area (Å²) in [5.41, 5.74) is 1.80. The fraction of sp³-hybridized carbons (Fsp3) is 0.133. The molecule has 3 rings (SSSR count). The summed E-state index contributed by atoms with van der Waals surface area (Å²) in [7, 11) is 0. The van der Waals surface area contributed by atoms with E-state index >= 15 is 0 Å². The molecule has 1 heterocycles. The molecule has 0 atom stereocenters. The van der Waals surface area contributed by atoms with Crippen LogP contribution in [-0.4, -0.2) is 12.5 Å². The van der Waals surface area contributed by atoms with E-state index in [2.05, 4.69) is 22.6 Å². The van der Waals surface area contributed by atoms with Gasteiger partial charge in [-0.05, 0) is 58.5 Å². The second kappa shape index (κ2) is 5.61. The highest BCUT2D eigenvalue weighted by Crippen LogP contribution is 2.34. The number of carbonyl (C=O) groups is 1. The Morgan fingerprint density at radius 2 is 2.10 bits per heavy atom. The topological polar surface area (TPSA) is 29.5 Å². The molecule has 0 bridgehead atoms. The highest BCUT2D eigenvalue weighted by molar-refractivity contribution is 14.1. The number of hydrogen-bond acceptors (Lipinski definition) is 2. The van der Waals surface area contributed by atoms with Gasteiger partial charge >= 0.3 is 0 Å². The Kier molecular flexibility index (Phi) is 3.85. The van der Waals surface area contributed by atoms with E-state index in [1.165, 1.54) is 0 Å². The van der Waals surface area contributed by atoms with Gasteiger partial charge in [-0.2, -0.15) is 0 Å². The van der Waals surface area contributed by atoms with Gasteiger partial charge in [0.15, 0.2) is 6.61 Å². The fourth-order valence-corrected chi connectivity index (χ4v) is 2.85. The molecule has 3 nitrogen and oxygen atoms in total. The largest absolute Gasteiger partial charge is 0.482 e. The molecule has 2 aromatic rings. The number of benzene rings is 2. The molecule has 20 heavy (non-hydrogen) atoms. The molecule has 0 saturated carbocycles. The number of anilines is 1. The van der Waals surface area contributed by atoms with Crippen LogP contribution in [0.1, 0.15) is 5.56 Å². The smallest absolute Gasteiger partial charge is 0.265 e. The standard InChI is InChI=1S/C15H11ClINO2/c16-11-3-1-2-10(6-11)8-18-13-5-4-12(17)7-14(13)20-9-15(18)19/h1-7H,8-9H2. The Morgan fingerprint density at radius 1 is 1.25 bits per heavy atom. The van der Waals surface area contributed by atoms with Crippen molar-refractivity contribution in [1.82, 2.24) is 0 Å². The first kappa shape index (κ1) is 13.7. The molecular weight excluding hydrogens is 389 g/mol. The summed E-state index contributed by atoms with van der Waals surface area (Å²) in [5.74, 6) is 0.706. The Bertz CT molecular complexity index is 675. The summed E-state index contributed by atoms with van der Waals surface area (Å²) in [6.07, 6.45) is 0. The first-order chi connectivity index (χ1) is 9.63. The summed E-state index contributed by atoms with van der Waals surface area (Å²) in [6, 6.07) is 13.4. The molecule has 0 aromatic heterocycles. The maximum Gasteiger partial charge on any atom is 0.265 e. The van der Waals surface area contributed by atoms with Crippen LogP contribution in [0.2, 0.25) is 5.02 Å². The molecule has 1 amide bonds. The van der Waals surface area contributed by atoms with E-state index in [4.69, 9.17) is 16.3 Å². The number of nitrogens with zero attached hydrogens (tertiary/aromatic N) is 1. The number of halogens is 2. The highest BCUT2D eigenvalue weighted by Gasteiger charge is 2.25. The van der Waals surface area contributed by atoms with Gasteiger partial charge in [0.05, 0.1) is 12.2 Å². The molecule has 2 aromatic carbocycles. The van der Waals surface area contributed by atoms with Gasteiger partial charge in [-0.1, -0.05) is 23.7 Å². The minimum Gasteiger partial charge on any atom is -0.482 e. The summed E-state index contributed by atoms with van der Waals surface area (Å²) < 4.78 is 6.57. The van der Waals surface area contributed by atoms with Gasteiger partial charge in [-0.15, -0.1) is 0 Å². The second-order valence-electron chi connectivity index (χ2n) is 4.51. The third-order valence-corrected chi connectivity index (χ3v) is 4.00. The molecule has 0 aliphatic carbocycles. The van der Waals surface area contributed by atoms with Gasteiger partial charge in [-0.25, -0.2) is 0 Å². The van der Waals surface area contributed by atoms with E-state index in [-0.39, 0.29) is 12.5 Å². The van der Waals surface area contributed by atoms with Gasteiger partial charge in [-0.3, -0.25) is 4.79 Å². The van der Waals surface area contributed by atoms with E-state index in [1.807, 2.05) is 42.5 Å². The second-order valence-corrected chi connectivity index (χ2v) is 6.19. The predicted molar refractivity (Wildman–Crippen MR) is 87.3 cm³/mol. The van der Waals surface area contributed by atoms with Crippen LogP contribution in [0.4, 0.5) is 5.69 Å². The number of hydrogen-bond donors (Lipinski definition) is 0. The number of rotatable bonds is 2. The molecule has 0 saturated heterocycles. The van der Waals surface area contributed by atoms with E-state index in [9.17, 15) is 4.79 Å². The van der Waals surface area contributed by atoms with Gasteiger partial charge in [0.1, 0.15) is 5.75 Å². The number of carbonyl (C=O) groups excluding carboxylic acids is 1. The highest BCUT2D eigenvalue weighted by atomic mass is 127. The van der Waals surface area contributed by atoms with Gasteiger partial charge in [0.2, 0.25) is 0 Å². The third-order valence-electron chi connectivity index (χ3n) is 3.09. The van der Waals surface area contributed by atoms with Crippen LogP contribution in [0.3, 0.4) is 0 Å². The zero-order chi connectivity index (χ0) is 14.1. The van der Waals surface area contributed by atoms with E-state index < -0.39 is 0 Å². The SMILES string of the molecule is O=C1COc2cc(I)ccc2N1Cc1cccc(Cl)c1. The molecule has 0 radical (unpaired) electrons. The lowest BCUT2D eigenvalue weighted by Gasteiger charge is -2.29. The molecule has 1 aliphatic rings. The van der Waals surface area contributed by atoms with Crippen molar-refractivity contribution in [2.24, 2.45) is 0 Å². The van der Waals surface area contributed by atoms with Crippen LogP contribution < -0.4 is 9.64 Å². The fourth-order valence-electron chi connectivity index (χ4n) is 2.17. The lowest BCUT2D eigenvalue weighted by atomic mass is 10.1. The minimum atomic E-state index is -0.0429. The van der Waals surface area contributed by atoms with Crippen LogP contribution in [0, 0.1) is 3.57 Å². The minimum absolute atomic E-state index is 0.0429. The monoisotopic (exact) mass is 399 g/mol. The van der Waals surface area contributed by atoms with Crippen LogP contribution in [-0.2, 0) is 11.3 Å². The van der Waals surface area contributed by atoms with Gasteiger partial charge in [0, 0.05) is 8.59 Å². The summed E-state index contributed by atoms with van der Waals surface area (Å²) in [4.78, 5) is 13.8. The van der Waals surface area contributed by atoms with Crippen LogP contribution >= 0.6 is 34.2 Å². The quantitative estimate of drug-likeness (QED) is 0.718. The van der Waals surface area contributed by atoms with Crippen LogP contribution in [0.25, 0.3) is 0 Å². The molecular formula is C15H11ClINO2. The Labute approximate surface area is 135 Å². The lowest BCUT2D eigenvalue weighted by molar-refractivity contribution is -0.121. The van der Waals surface area contributed by atoms with E-state index in [0.717, 1.165) is 20.6 Å². The van der Waals surface area contributed by atoms with Crippen molar-refractivity contribution >= 4 is 45.8 Å². The van der Waals surface area contributed by atoms with Crippen molar-refractivity contribution in [1.29, 1.82) is 0 Å². The Morgan fingerprint density at radius 3 is 2.90 bits per heavy atom. The van der Waals surface area contributed by atoms with Gasteiger partial charge in [0.25, 0.3) is 5.91 Å². The first-order valence-electron chi connectivity index (χ1n) is 6.10. The molecule has 0 N–H and O–H groups in total. The number of amides is 1. The van der Waals surface area contributed by atoms with Crippen molar-refractivity contribution < 1.29 is 9.53 Å². The Hall–Kier alpha value is -1.27. The summed E-state index contributed by atoms with van der Waals surface area (Å²) in [6.45, 7) is 0.573. The average Bonchev–Trinajstić information content (AvgIpc) is 2.42. The van der Waals surface area contributed by atoms with E-state index in [0.29, 0.717) is 11.6 Å². The van der Waals surface area contributed by atoms with Crippen molar-refractivity contribution in [3.05, 3.63) is 56.6 Å². The normalized spacial score (nSPS) is 13.9. The van der Waals surface area contributed by atoms with E-state index in [1.54, 1.807) is 4.90 Å². The number of ether oxygens (including phenoxy) is 1. The van der Waals surface area contributed by atoms with Crippen molar-refractivity contribution in [3.8, 4) is 5.75 Å². The summed E-state index contributed by atoms with van der Waals surface area (Å²) in [5, 5.41) is 0.672. The lowest BCUT2D eigenvalue weighted by Crippen LogP contribution is -2.38. The summed E-state index contributed by atoms with van der Waals surface area (Å²) >= 11 is 8.22. The average molecular weight is 400 g/mol. The zero-order valence-corrected chi connectivity index (χ0v) is 13.4. The Balaban J connectivity index is 1.95. The first-order valence-corrected chi connectivity index (χ1v) is 7.56. The van der Waals surface area contributed by atoms with Crippen molar-refractivity contribution in [2.75, 3.05) is 11.5 Å². The maximum atomic E-state index is 12.1. The molecule has 0 fully saturated rings. The molecule has 0 unspecified atom stereocenters.